The second-order valence-corrected chi connectivity index (χ2v) is 12.8. The Bertz CT molecular complexity index is 1060. The summed E-state index contributed by atoms with van der Waals surface area (Å²) in [5, 5.41) is 34.8. The molecule has 1 spiro atoms. The maximum absolute atomic E-state index is 13.3. The second-order valence-electron chi connectivity index (χ2n) is 12.8. The van der Waals surface area contributed by atoms with E-state index < -0.39 is 34.2 Å². The van der Waals surface area contributed by atoms with Gasteiger partial charge >= 0.3 is 5.97 Å². The van der Waals surface area contributed by atoms with Crippen molar-refractivity contribution in [2.24, 2.45) is 34.5 Å². The van der Waals surface area contributed by atoms with Gasteiger partial charge in [0.25, 0.3) is 0 Å². The first-order chi connectivity index (χ1) is 16.3. The Kier molecular flexibility index (Phi) is 4.81. The van der Waals surface area contributed by atoms with Crippen LogP contribution in [0, 0.1) is 34.5 Å². The molecule has 0 aromatic heterocycles. The lowest BCUT2D eigenvalue weighted by Gasteiger charge is -2.61. The molecule has 2 heterocycles. The first-order valence-electron chi connectivity index (χ1n) is 13.2. The molecule has 4 aliphatic carbocycles. The number of aliphatic hydroxyl groups excluding tert-OH is 2. The summed E-state index contributed by atoms with van der Waals surface area (Å²) in [6.45, 7) is 9.81. The molecule has 0 amide bonds. The van der Waals surface area contributed by atoms with Crippen molar-refractivity contribution in [2.45, 2.75) is 102 Å². The van der Waals surface area contributed by atoms with Gasteiger partial charge in [0.15, 0.2) is 5.78 Å². The Labute approximate surface area is 206 Å². The number of esters is 1. The topological polar surface area (TPSA) is 117 Å². The number of hydrogen-bond donors (Lipinski definition) is 3. The summed E-state index contributed by atoms with van der Waals surface area (Å²) in [5.74, 6) is -0.937. The average molecular weight is 487 g/mol. The highest BCUT2D eigenvalue weighted by Gasteiger charge is 2.83. The van der Waals surface area contributed by atoms with Crippen LogP contribution in [0.4, 0.5) is 0 Å². The molecule has 12 atom stereocenters. The zero-order valence-corrected chi connectivity index (χ0v) is 21.3. The number of aliphatic hydroxyl groups is 3. The van der Waals surface area contributed by atoms with Gasteiger partial charge in [-0.3, -0.25) is 4.79 Å². The van der Waals surface area contributed by atoms with E-state index in [4.69, 9.17) is 9.47 Å². The molecule has 0 aromatic rings. The van der Waals surface area contributed by atoms with Crippen LogP contribution in [0.3, 0.4) is 0 Å². The molecule has 7 heteroatoms. The summed E-state index contributed by atoms with van der Waals surface area (Å²) in [5.41, 5.74) is -2.14. The van der Waals surface area contributed by atoms with Gasteiger partial charge in [0, 0.05) is 17.4 Å². The van der Waals surface area contributed by atoms with Gasteiger partial charge in [-0.2, -0.15) is 0 Å². The lowest BCUT2D eigenvalue weighted by Crippen LogP contribution is -2.70. The third kappa shape index (κ3) is 2.56. The maximum Gasteiger partial charge on any atom is 0.333 e. The Morgan fingerprint density at radius 1 is 1.11 bits per heavy atom. The second kappa shape index (κ2) is 7.06. The molecule has 7 nitrogen and oxygen atoms in total. The van der Waals surface area contributed by atoms with Crippen molar-refractivity contribution in [3.63, 3.8) is 0 Å². The van der Waals surface area contributed by atoms with E-state index in [1.54, 1.807) is 6.92 Å². The number of hydrogen-bond acceptors (Lipinski definition) is 7. The summed E-state index contributed by atoms with van der Waals surface area (Å²) in [4.78, 5) is 25.8. The molecule has 0 radical (unpaired) electrons. The highest BCUT2D eigenvalue weighted by atomic mass is 16.6. The molecule has 4 fully saturated rings. The molecule has 0 bridgehead atoms. The van der Waals surface area contributed by atoms with Crippen LogP contribution in [-0.4, -0.2) is 62.7 Å². The van der Waals surface area contributed by atoms with Crippen molar-refractivity contribution in [1.82, 2.24) is 0 Å². The standard InChI is InChI=1S/C28H38O7/c1-13-10-19(34-24(32)14(13)2)15(3)17-11-22(31)27(33)18-12-23-28(35-23)21(30)7-6-20(29)26(28,5)16(18)8-9-25(17,27)4/h6-7,15-19,21-23,30-31,33H,8-12H2,1-5H3/t15-,16-,17+,18-,19+,21-,22-,23+,25+,26-,27+,28+/m0/s1. The van der Waals surface area contributed by atoms with E-state index >= 15 is 0 Å². The number of rotatable bonds is 2. The zero-order valence-electron chi connectivity index (χ0n) is 21.3. The number of allylic oxidation sites excluding steroid dienone is 1. The molecular weight excluding hydrogens is 448 g/mol. The minimum atomic E-state index is -1.39. The van der Waals surface area contributed by atoms with E-state index in [2.05, 4.69) is 13.8 Å². The number of fused-ring (bicyclic) bond motifs is 4. The Morgan fingerprint density at radius 3 is 2.51 bits per heavy atom. The number of ether oxygens (including phenoxy) is 2. The average Bonchev–Trinajstić information content (AvgIpc) is 3.51. The highest BCUT2D eigenvalue weighted by molar-refractivity contribution is 5.98. The Balaban J connectivity index is 1.36. The van der Waals surface area contributed by atoms with Crippen LogP contribution in [0.5, 0.6) is 0 Å². The predicted molar refractivity (Wildman–Crippen MR) is 126 cm³/mol. The molecule has 0 aromatic carbocycles. The van der Waals surface area contributed by atoms with Crippen LogP contribution in [0.1, 0.15) is 66.7 Å². The minimum Gasteiger partial charge on any atom is -0.458 e. The zero-order chi connectivity index (χ0) is 25.3. The fraction of sp³-hybridized carbons (Fsp3) is 0.786. The molecule has 6 rings (SSSR count). The smallest absolute Gasteiger partial charge is 0.333 e. The molecule has 1 saturated heterocycles. The third-order valence-electron chi connectivity index (χ3n) is 11.8. The van der Waals surface area contributed by atoms with Gasteiger partial charge in [0.1, 0.15) is 17.8 Å². The van der Waals surface area contributed by atoms with Crippen molar-refractivity contribution < 1.29 is 34.4 Å². The number of carbonyl (C=O) groups excluding carboxylic acids is 2. The summed E-state index contributed by atoms with van der Waals surface area (Å²) in [7, 11) is 0. The lowest BCUT2D eigenvalue weighted by molar-refractivity contribution is -0.228. The van der Waals surface area contributed by atoms with Gasteiger partial charge in [-0.15, -0.1) is 0 Å². The van der Waals surface area contributed by atoms with Crippen LogP contribution in [0.15, 0.2) is 23.3 Å². The number of ketones is 1. The van der Waals surface area contributed by atoms with Gasteiger partial charge < -0.3 is 24.8 Å². The SMILES string of the molecule is CC1=C(C)C(=O)O[C@@H]([C@@H](C)[C@H]2C[C@H](O)[C@]3(O)[C@H]4C[C@H]5O[C@]56[C@@H](O)C=CC(=O)[C@]6(C)[C@H]4CC[C@]23C)C1. The normalized spacial score (nSPS) is 55.5. The van der Waals surface area contributed by atoms with Crippen LogP contribution < -0.4 is 0 Å². The van der Waals surface area contributed by atoms with Crippen molar-refractivity contribution >= 4 is 11.8 Å². The molecule has 3 saturated carbocycles. The minimum absolute atomic E-state index is 0.0382. The molecule has 0 unspecified atom stereocenters. The van der Waals surface area contributed by atoms with E-state index in [1.165, 1.54) is 12.2 Å². The Morgan fingerprint density at radius 2 is 1.83 bits per heavy atom. The molecule has 35 heavy (non-hydrogen) atoms. The summed E-state index contributed by atoms with van der Waals surface area (Å²) < 4.78 is 12.0. The van der Waals surface area contributed by atoms with Gasteiger partial charge in [-0.05, 0) is 82.3 Å². The largest absolute Gasteiger partial charge is 0.458 e. The fourth-order valence-electron chi connectivity index (χ4n) is 9.50. The molecule has 192 valence electrons. The summed E-state index contributed by atoms with van der Waals surface area (Å²) in [6.07, 6.45) is 3.59. The van der Waals surface area contributed by atoms with Gasteiger partial charge in [-0.25, -0.2) is 4.79 Å². The number of cyclic esters (lactones) is 1. The third-order valence-corrected chi connectivity index (χ3v) is 11.8. The van der Waals surface area contributed by atoms with Crippen LogP contribution in [0.25, 0.3) is 0 Å². The van der Waals surface area contributed by atoms with E-state index in [9.17, 15) is 24.9 Å². The molecule has 6 aliphatic rings. The fourth-order valence-corrected chi connectivity index (χ4v) is 9.50. The van der Waals surface area contributed by atoms with Gasteiger partial charge in [0.2, 0.25) is 0 Å². The Hall–Kier alpha value is -1.54. The van der Waals surface area contributed by atoms with Crippen molar-refractivity contribution in [1.29, 1.82) is 0 Å². The monoisotopic (exact) mass is 486 g/mol. The predicted octanol–water partition coefficient (Wildman–Crippen LogP) is 2.47. The van der Waals surface area contributed by atoms with Crippen molar-refractivity contribution in [3.05, 3.63) is 23.3 Å². The number of carbonyl (C=O) groups is 2. The van der Waals surface area contributed by atoms with Crippen LogP contribution in [-0.2, 0) is 19.1 Å². The van der Waals surface area contributed by atoms with Crippen molar-refractivity contribution in [2.75, 3.05) is 0 Å². The quantitative estimate of drug-likeness (QED) is 0.406. The van der Waals surface area contributed by atoms with E-state index in [0.29, 0.717) is 37.7 Å². The first-order valence-corrected chi connectivity index (χ1v) is 13.2. The van der Waals surface area contributed by atoms with E-state index in [-0.39, 0.29) is 47.6 Å². The summed E-state index contributed by atoms with van der Waals surface area (Å²) in [6, 6.07) is 0. The van der Waals surface area contributed by atoms with E-state index in [1.807, 2.05) is 13.8 Å². The van der Waals surface area contributed by atoms with Gasteiger partial charge in [0.05, 0.1) is 23.2 Å². The molecule has 2 aliphatic heterocycles. The number of epoxide rings is 1. The van der Waals surface area contributed by atoms with Crippen molar-refractivity contribution in [3.8, 4) is 0 Å². The van der Waals surface area contributed by atoms with Crippen LogP contribution in [0.2, 0.25) is 0 Å². The van der Waals surface area contributed by atoms with Gasteiger partial charge in [-0.1, -0.05) is 19.4 Å². The summed E-state index contributed by atoms with van der Waals surface area (Å²) >= 11 is 0. The molecule has 3 N–H and O–H groups in total. The maximum atomic E-state index is 13.3. The highest BCUT2D eigenvalue weighted by Crippen LogP contribution is 2.74. The van der Waals surface area contributed by atoms with Crippen LogP contribution >= 0.6 is 0 Å². The lowest BCUT2D eigenvalue weighted by atomic mass is 9.42. The molecular formula is C28H38O7. The first kappa shape index (κ1) is 23.8. The van der Waals surface area contributed by atoms with E-state index in [0.717, 1.165) is 5.57 Å².